The predicted octanol–water partition coefficient (Wildman–Crippen LogP) is 3.82. The van der Waals surface area contributed by atoms with Crippen LogP contribution >= 0.6 is 15.9 Å². The molecular formula is C14H11BrFN3. The summed E-state index contributed by atoms with van der Waals surface area (Å²) in [6.07, 6.45) is 0. The maximum atomic E-state index is 14.1. The summed E-state index contributed by atoms with van der Waals surface area (Å²) in [5.41, 5.74) is 8.72. The molecular weight excluding hydrogens is 309 g/mol. The third-order valence-electron chi connectivity index (χ3n) is 3.05. The first-order valence-corrected chi connectivity index (χ1v) is 6.56. The van der Waals surface area contributed by atoms with Gasteiger partial charge in [-0.05, 0) is 36.8 Å². The number of nitrogen functional groups attached to an aromatic ring is 1. The fourth-order valence-electron chi connectivity index (χ4n) is 2.21. The third-order valence-corrected chi connectivity index (χ3v) is 3.55. The number of para-hydroxylation sites is 1. The van der Waals surface area contributed by atoms with Crippen LogP contribution in [0.2, 0.25) is 0 Å². The van der Waals surface area contributed by atoms with Crippen LogP contribution in [0.1, 0.15) is 5.56 Å². The Morgan fingerprint density at radius 3 is 2.79 bits per heavy atom. The number of benzene rings is 2. The summed E-state index contributed by atoms with van der Waals surface area (Å²) in [6, 6.07) is 10.6. The lowest BCUT2D eigenvalue weighted by Gasteiger charge is -2.11. The van der Waals surface area contributed by atoms with E-state index in [0.717, 1.165) is 21.1 Å². The minimum Gasteiger partial charge on any atom is -0.369 e. The molecule has 0 spiro atoms. The Morgan fingerprint density at radius 1 is 1.26 bits per heavy atom. The van der Waals surface area contributed by atoms with Gasteiger partial charge in [-0.2, -0.15) is 0 Å². The molecule has 3 nitrogen and oxygen atoms in total. The van der Waals surface area contributed by atoms with Crippen LogP contribution < -0.4 is 5.73 Å². The van der Waals surface area contributed by atoms with Crippen LogP contribution in [0.5, 0.6) is 0 Å². The molecule has 0 amide bonds. The standard InChI is InChI=1S/C14H11BrFN3/c1-8-3-2-4-10(16)13(8)19-12-7-9(15)5-6-11(12)18-14(19)17/h2-7H,1H3,(H2,17,18). The van der Waals surface area contributed by atoms with Crippen molar-refractivity contribution in [1.82, 2.24) is 9.55 Å². The van der Waals surface area contributed by atoms with E-state index >= 15 is 0 Å². The van der Waals surface area contributed by atoms with Crippen molar-refractivity contribution in [2.24, 2.45) is 0 Å². The molecule has 0 aliphatic rings. The molecule has 1 aromatic heterocycles. The van der Waals surface area contributed by atoms with Crippen LogP contribution in [-0.4, -0.2) is 9.55 Å². The summed E-state index contributed by atoms with van der Waals surface area (Å²) < 4.78 is 16.6. The number of rotatable bonds is 1. The molecule has 1 heterocycles. The van der Waals surface area contributed by atoms with Crippen molar-refractivity contribution in [2.45, 2.75) is 6.92 Å². The Hall–Kier alpha value is -1.88. The zero-order valence-electron chi connectivity index (χ0n) is 10.2. The Kier molecular flexibility index (Phi) is 2.78. The maximum absolute atomic E-state index is 14.1. The minimum atomic E-state index is -0.314. The zero-order chi connectivity index (χ0) is 13.6. The summed E-state index contributed by atoms with van der Waals surface area (Å²) in [5, 5.41) is 0. The smallest absolute Gasteiger partial charge is 0.206 e. The van der Waals surface area contributed by atoms with Gasteiger partial charge in [-0.3, -0.25) is 4.57 Å². The Morgan fingerprint density at radius 2 is 2.05 bits per heavy atom. The fraction of sp³-hybridized carbons (Fsp3) is 0.0714. The van der Waals surface area contributed by atoms with Crippen LogP contribution in [0.15, 0.2) is 40.9 Å². The molecule has 2 N–H and O–H groups in total. The number of imidazole rings is 1. The number of hydrogen-bond donors (Lipinski definition) is 1. The Labute approximate surface area is 118 Å². The molecule has 0 aliphatic carbocycles. The monoisotopic (exact) mass is 319 g/mol. The normalized spacial score (nSPS) is 11.1. The van der Waals surface area contributed by atoms with Gasteiger partial charge in [0.1, 0.15) is 5.82 Å². The lowest BCUT2D eigenvalue weighted by Crippen LogP contribution is -2.05. The summed E-state index contributed by atoms with van der Waals surface area (Å²) in [4.78, 5) is 4.27. The fourth-order valence-corrected chi connectivity index (χ4v) is 2.56. The average Bonchev–Trinajstić information content (AvgIpc) is 2.66. The number of nitrogens with two attached hydrogens (primary N) is 1. The molecule has 0 aliphatic heterocycles. The van der Waals surface area contributed by atoms with Crippen LogP contribution in [0.3, 0.4) is 0 Å². The van der Waals surface area contributed by atoms with Crippen LogP contribution in [-0.2, 0) is 0 Å². The van der Waals surface area contributed by atoms with E-state index in [1.165, 1.54) is 6.07 Å². The van der Waals surface area contributed by atoms with E-state index in [0.29, 0.717) is 5.69 Å². The maximum Gasteiger partial charge on any atom is 0.206 e. The van der Waals surface area contributed by atoms with Crippen molar-refractivity contribution in [3.63, 3.8) is 0 Å². The summed E-state index contributed by atoms with van der Waals surface area (Å²) >= 11 is 3.41. The number of hydrogen-bond acceptors (Lipinski definition) is 2. The largest absolute Gasteiger partial charge is 0.369 e. The zero-order valence-corrected chi connectivity index (χ0v) is 11.8. The highest BCUT2D eigenvalue weighted by Gasteiger charge is 2.15. The topological polar surface area (TPSA) is 43.8 Å². The lowest BCUT2D eigenvalue weighted by molar-refractivity contribution is 0.618. The van der Waals surface area contributed by atoms with Gasteiger partial charge in [0.2, 0.25) is 5.95 Å². The Bertz CT molecular complexity index is 759. The van der Waals surface area contributed by atoms with Crippen molar-refractivity contribution in [1.29, 1.82) is 0 Å². The number of anilines is 1. The predicted molar refractivity (Wildman–Crippen MR) is 77.9 cm³/mol. The molecule has 2 aromatic carbocycles. The van der Waals surface area contributed by atoms with Gasteiger partial charge in [0.25, 0.3) is 0 Å². The van der Waals surface area contributed by atoms with Gasteiger partial charge in [0.15, 0.2) is 0 Å². The molecule has 0 bridgehead atoms. The molecule has 0 radical (unpaired) electrons. The molecule has 96 valence electrons. The second-order valence-electron chi connectivity index (χ2n) is 4.34. The molecule has 0 saturated heterocycles. The second kappa shape index (κ2) is 4.35. The highest BCUT2D eigenvalue weighted by Crippen LogP contribution is 2.28. The summed E-state index contributed by atoms with van der Waals surface area (Å²) in [7, 11) is 0. The van der Waals surface area contributed by atoms with Crippen molar-refractivity contribution >= 4 is 32.9 Å². The summed E-state index contributed by atoms with van der Waals surface area (Å²) in [6.45, 7) is 1.85. The van der Waals surface area contributed by atoms with E-state index in [1.807, 2.05) is 31.2 Å². The van der Waals surface area contributed by atoms with Crippen molar-refractivity contribution < 1.29 is 4.39 Å². The number of aromatic nitrogens is 2. The molecule has 19 heavy (non-hydrogen) atoms. The van der Waals surface area contributed by atoms with Crippen LogP contribution in [0.4, 0.5) is 10.3 Å². The van der Waals surface area contributed by atoms with Crippen molar-refractivity contribution in [3.05, 3.63) is 52.3 Å². The second-order valence-corrected chi connectivity index (χ2v) is 5.26. The molecule has 3 rings (SSSR count). The highest BCUT2D eigenvalue weighted by molar-refractivity contribution is 9.10. The molecule has 0 unspecified atom stereocenters. The lowest BCUT2D eigenvalue weighted by atomic mass is 10.2. The SMILES string of the molecule is Cc1cccc(F)c1-n1c(N)nc2ccc(Br)cc21. The van der Waals surface area contributed by atoms with E-state index in [1.54, 1.807) is 10.6 Å². The summed E-state index contributed by atoms with van der Waals surface area (Å²) in [5.74, 6) is -0.0349. The van der Waals surface area contributed by atoms with E-state index < -0.39 is 0 Å². The van der Waals surface area contributed by atoms with E-state index in [9.17, 15) is 4.39 Å². The van der Waals surface area contributed by atoms with Crippen molar-refractivity contribution in [3.8, 4) is 5.69 Å². The highest BCUT2D eigenvalue weighted by atomic mass is 79.9. The van der Waals surface area contributed by atoms with Crippen molar-refractivity contribution in [2.75, 3.05) is 5.73 Å². The van der Waals surface area contributed by atoms with Gasteiger partial charge in [0, 0.05) is 4.47 Å². The van der Waals surface area contributed by atoms with Gasteiger partial charge < -0.3 is 5.73 Å². The van der Waals surface area contributed by atoms with E-state index in [-0.39, 0.29) is 11.8 Å². The van der Waals surface area contributed by atoms with Gasteiger partial charge in [0.05, 0.1) is 16.7 Å². The first kappa shape index (κ1) is 12.2. The van der Waals surface area contributed by atoms with Crippen LogP contribution in [0.25, 0.3) is 16.7 Å². The molecule has 0 fully saturated rings. The number of halogens is 2. The molecule has 3 aromatic rings. The minimum absolute atomic E-state index is 0.279. The number of aryl methyl sites for hydroxylation is 1. The van der Waals surface area contributed by atoms with Gasteiger partial charge in [-0.25, -0.2) is 9.37 Å². The molecule has 0 saturated carbocycles. The van der Waals surface area contributed by atoms with E-state index in [2.05, 4.69) is 20.9 Å². The average molecular weight is 320 g/mol. The molecule has 0 atom stereocenters. The molecule has 5 heteroatoms. The number of fused-ring (bicyclic) bond motifs is 1. The quantitative estimate of drug-likeness (QED) is 0.741. The number of nitrogens with zero attached hydrogens (tertiary/aromatic N) is 2. The Balaban J connectivity index is 2.42. The van der Waals surface area contributed by atoms with Gasteiger partial charge in [-0.1, -0.05) is 28.1 Å². The van der Waals surface area contributed by atoms with E-state index in [4.69, 9.17) is 5.73 Å². The van der Waals surface area contributed by atoms with Crippen LogP contribution in [0, 0.1) is 12.7 Å². The van der Waals surface area contributed by atoms with Gasteiger partial charge in [-0.15, -0.1) is 0 Å². The first-order valence-electron chi connectivity index (χ1n) is 5.77. The van der Waals surface area contributed by atoms with Gasteiger partial charge >= 0.3 is 0 Å². The third kappa shape index (κ3) is 1.90. The first-order chi connectivity index (χ1) is 9.08.